The molecule has 0 bridgehead atoms. The molecule has 2 aromatic carbocycles. The van der Waals surface area contributed by atoms with E-state index in [-0.39, 0.29) is 0 Å². The molecule has 88 valence electrons. The van der Waals surface area contributed by atoms with Crippen molar-refractivity contribution in [2.24, 2.45) is 0 Å². The summed E-state index contributed by atoms with van der Waals surface area (Å²) in [6, 6.07) is 11.4. The van der Waals surface area contributed by atoms with Crippen molar-refractivity contribution < 1.29 is 4.74 Å². The van der Waals surface area contributed by atoms with Gasteiger partial charge in [0.25, 0.3) is 0 Å². The third kappa shape index (κ3) is 2.56. The summed E-state index contributed by atoms with van der Waals surface area (Å²) in [6.45, 7) is 2.00. The molecule has 0 unspecified atom stereocenters. The van der Waals surface area contributed by atoms with Gasteiger partial charge < -0.3 is 4.74 Å². The fourth-order valence-corrected chi connectivity index (χ4v) is 2.16. The van der Waals surface area contributed by atoms with Gasteiger partial charge in [-0.3, -0.25) is 0 Å². The molecule has 0 aliphatic rings. The van der Waals surface area contributed by atoms with Gasteiger partial charge in [-0.15, -0.1) is 0 Å². The highest BCUT2D eigenvalue weighted by atomic mass is 35.5. The Morgan fingerprint density at radius 1 is 1.00 bits per heavy atom. The Balaban J connectivity index is 2.53. The summed E-state index contributed by atoms with van der Waals surface area (Å²) in [5.41, 5.74) is 3.04. The van der Waals surface area contributed by atoms with E-state index >= 15 is 0 Å². The fraction of sp³-hybridized carbons (Fsp3) is 0.143. The van der Waals surface area contributed by atoms with Crippen LogP contribution in [0.15, 0.2) is 36.4 Å². The van der Waals surface area contributed by atoms with E-state index in [0.717, 1.165) is 22.4 Å². The Bertz CT molecular complexity index is 550. The minimum atomic E-state index is 0.679. The lowest BCUT2D eigenvalue weighted by Crippen LogP contribution is -1.88. The average molecular weight is 267 g/mol. The van der Waals surface area contributed by atoms with Crippen molar-refractivity contribution in [3.8, 4) is 16.9 Å². The highest BCUT2D eigenvalue weighted by Crippen LogP contribution is 2.32. The molecule has 3 heteroatoms. The van der Waals surface area contributed by atoms with Crippen LogP contribution in [0.2, 0.25) is 10.0 Å². The third-order valence-electron chi connectivity index (χ3n) is 2.63. The molecule has 2 aromatic rings. The van der Waals surface area contributed by atoms with Gasteiger partial charge in [0.1, 0.15) is 5.75 Å². The SMILES string of the molecule is COc1ccc(-c2cc(Cl)ccc2Cl)cc1C. The summed E-state index contributed by atoms with van der Waals surface area (Å²) in [6.07, 6.45) is 0. The zero-order chi connectivity index (χ0) is 12.4. The molecule has 2 rings (SSSR count). The summed E-state index contributed by atoms with van der Waals surface area (Å²) >= 11 is 12.1. The van der Waals surface area contributed by atoms with Gasteiger partial charge in [-0.1, -0.05) is 29.3 Å². The molecule has 0 aromatic heterocycles. The maximum absolute atomic E-state index is 6.17. The van der Waals surface area contributed by atoms with Gasteiger partial charge in [-0.2, -0.15) is 0 Å². The number of hydrogen-bond donors (Lipinski definition) is 0. The van der Waals surface area contributed by atoms with Crippen molar-refractivity contribution in [1.29, 1.82) is 0 Å². The van der Waals surface area contributed by atoms with Crippen LogP contribution in [0, 0.1) is 6.92 Å². The number of aryl methyl sites for hydroxylation is 1. The third-order valence-corrected chi connectivity index (χ3v) is 3.20. The van der Waals surface area contributed by atoms with Crippen LogP contribution in [0.1, 0.15) is 5.56 Å². The molecular formula is C14H12Cl2O. The quantitative estimate of drug-likeness (QED) is 0.745. The van der Waals surface area contributed by atoms with E-state index in [1.807, 2.05) is 31.2 Å². The van der Waals surface area contributed by atoms with E-state index in [1.165, 1.54) is 0 Å². The standard InChI is InChI=1S/C14H12Cl2O/c1-9-7-10(3-6-14(9)17-2)12-8-11(15)4-5-13(12)16/h3-8H,1-2H3. The summed E-state index contributed by atoms with van der Waals surface area (Å²) in [5.74, 6) is 0.868. The molecular weight excluding hydrogens is 255 g/mol. The van der Waals surface area contributed by atoms with Crippen molar-refractivity contribution in [1.82, 2.24) is 0 Å². The predicted molar refractivity (Wildman–Crippen MR) is 73.2 cm³/mol. The second-order valence-electron chi connectivity index (χ2n) is 3.81. The highest BCUT2D eigenvalue weighted by Gasteiger charge is 2.06. The van der Waals surface area contributed by atoms with Crippen molar-refractivity contribution in [3.05, 3.63) is 52.0 Å². The van der Waals surface area contributed by atoms with Gasteiger partial charge >= 0.3 is 0 Å². The molecule has 1 nitrogen and oxygen atoms in total. The molecule has 17 heavy (non-hydrogen) atoms. The van der Waals surface area contributed by atoms with Crippen LogP contribution in [-0.2, 0) is 0 Å². The first-order valence-corrected chi connectivity index (χ1v) is 5.97. The molecule has 0 amide bonds. The normalized spacial score (nSPS) is 10.4. The molecule has 0 aliphatic heterocycles. The molecule has 0 radical (unpaired) electrons. The van der Waals surface area contributed by atoms with E-state index in [2.05, 4.69) is 0 Å². The van der Waals surface area contributed by atoms with Gasteiger partial charge in [0.15, 0.2) is 0 Å². The van der Waals surface area contributed by atoms with Gasteiger partial charge in [-0.05, 0) is 48.4 Å². The molecule has 0 saturated heterocycles. The lowest BCUT2D eigenvalue weighted by atomic mass is 10.0. The van der Waals surface area contributed by atoms with Crippen molar-refractivity contribution >= 4 is 23.2 Å². The second kappa shape index (κ2) is 4.99. The Labute approximate surface area is 111 Å². The second-order valence-corrected chi connectivity index (χ2v) is 4.65. The molecule has 0 atom stereocenters. The maximum Gasteiger partial charge on any atom is 0.121 e. The summed E-state index contributed by atoms with van der Waals surface area (Å²) < 4.78 is 5.23. The number of rotatable bonds is 2. The topological polar surface area (TPSA) is 9.23 Å². The minimum absolute atomic E-state index is 0.679. The number of ether oxygens (including phenoxy) is 1. The summed E-state index contributed by atoms with van der Waals surface area (Å²) in [4.78, 5) is 0. The van der Waals surface area contributed by atoms with E-state index in [1.54, 1.807) is 19.2 Å². The van der Waals surface area contributed by atoms with Crippen LogP contribution in [0.3, 0.4) is 0 Å². The van der Waals surface area contributed by atoms with Gasteiger partial charge in [0.2, 0.25) is 0 Å². The van der Waals surface area contributed by atoms with E-state index < -0.39 is 0 Å². The first kappa shape index (κ1) is 12.3. The lowest BCUT2D eigenvalue weighted by Gasteiger charge is -2.09. The Hall–Kier alpha value is -1.18. The monoisotopic (exact) mass is 266 g/mol. The van der Waals surface area contributed by atoms with Crippen LogP contribution in [-0.4, -0.2) is 7.11 Å². The van der Waals surface area contributed by atoms with Gasteiger partial charge in [0, 0.05) is 15.6 Å². The first-order valence-electron chi connectivity index (χ1n) is 5.22. The van der Waals surface area contributed by atoms with Crippen LogP contribution < -0.4 is 4.74 Å². The fourth-order valence-electron chi connectivity index (χ4n) is 1.76. The molecule has 0 saturated carbocycles. The Morgan fingerprint density at radius 3 is 2.41 bits per heavy atom. The molecule has 0 N–H and O–H groups in total. The van der Waals surface area contributed by atoms with Crippen molar-refractivity contribution in [2.45, 2.75) is 6.92 Å². The van der Waals surface area contributed by atoms with Gasteiger partial charge in [-0.25, -0.2) is 0 Å². The number of methoxy groups -OCH3 is 1. The smallest absolute Gasteiger partial charge is 0.121 e. The molecule has 0 aliphatic carbocycles. The molecule has 0 fully saturated rings. The number of hydrogen-bond acceptors (Lipinski definition) is 1. The zero-order valence-corrected chi connectivity index (χ0v) is 11.1. The zero-order valence-electron chi connectivity index (χ0n) is 9.63. The summed E-state index contributed by atoms with van der Waals surface area (Å²) in [7, 11) is 1.66. The maximum atomic E-state index is 6.17. The van der Waals surface area contributed by atoms with E-state index in [9.17, 15) is 0 Å². The molecule has 0 heterocycles. The summed E-state index contributed by atoms with van der Waals surface area (Å²) in [5, 5.41) is 1.37. The number of benzene rings is 2. The average Bonchev–Trinajstić information content (AvgIpc) is 2.32. The van der Waals surface area contributed by atoms with Crippen LogP contribution in [0.5, 0.6) is 5.75 Å². The predicted octanol–water partition coefficient (Wildman–Crippen LogP) is 4.98. The van der Waals surface area contributed by atoms with Crippen LogP contribution in [0.4, 0.5) is 0 Å². The van der Waals surface area contributed by atoms with Crippen LogP contribution >= 0.6 is 23.2 Å². The Morgan fingerprint density at radius 2 is 1.76 bits per heavy atom. The molecule has 0 spiro atoms. The minimum Gasteiger partial charge on any atom is -0.496 e. The van der Waals surface area contributed by atoms with Crippen molar-refractivity contribution in [3.63, 3.8) is 0 Å². The van der Waals surface area contributed by atoms with Crippen molar-refractivity contribution in [2.75, 3.05) is 7.11 Å². The van der Waals surface area contributed by atoms with E-state index in [0.29, 0.717) is 10.0 Å². The van der Waals surface area contributed by atoms with E-state index in [4.69, 9.17) is 27.9 Å². The number of halogens is 2. The van der Waals surface area contributed by atoms with Crippen LogP contribution in [0.25, 0.3) is 11.1 Å². The largest absolute Gasteiger partial charge is 0.496 e. The highest BCUT2D eigenvalue weighted by molar-refractivity contribution is 6.35. The van der Waals surface area contributed by atoms with Gasteiger partial charge in [0.05, 0.1) is 7.11 Å². The Kier molecular flexibility index (Phi) is 3.60. The first-order chi connectivity index (χ1) is 8.11. The lowest BCUT2D eigenvalue weighted by molar-refractivity contribution is 0.412.